The summed E-state index contributed by atoms with van der Waals surface area (Å²) in [5.74, 6) is -8.32. The van der Waals surface area contributed by atoms with Crippen molar-refractivity contribution in [3.05, 3.63) is 0 Å². The molecule has 0 rings (SSSR count). The van der Waals surface area contributed by atoms with Crippen molar-refractivity contribution in [2.45, 2.75) is 297 Å². The van der Waals surface area contributed by atoms with Crippen LogP contribution < -0.4 is 26.6 Å². The third-order valence-corrected chi connectivity index (χ3v) is 19.5. The van der Waals surface area contributed by atoms with Crippen molar-refractivity contribution < 1.29 is 133 Å². The molecule has 32 heteroatoms. The van der Waals surface area contributed by atoms with Crippen molar-refractivity contribution in [2.24, 2.45) is 23.2 Å². The van der Waals surface area contributed by atoms with Crippen molar-refractivity contribution in [1.29, 1.82) is 0 Å². The maximum absolute atomic E-state index is 13.8. The van der Waals surface area contributed by atoms with Gasteiger partial charge in [0.2, 0.25) is 29.5 Å². The Labute approximate surface area is 697 Å². The Morgan fingerprint density at radius 3 is 1.09 bits per heavy atom. The number of amides is 5. The molecule has 5 amide bonds. The molecule has 0 aromatic heterocycles. The molecule has 0 saturated heterocycles. The molecule has 0 aliphatic rings. The lowest BCUT2D eigenvalue weighted by Gasteiger charge is -2.23. The van der Waals surface area contributed by atoms with Gasteiger partial charge < -0.3 is 84.9 Å². The number of aliphatic carboxylic acids is 4. The minimum absolute atomic E-state index is 0. The zero-order valence-electron chi connectivity index (χ0n) is 71.1. The van der Waals surface area contributed by atoms with Crippen LogP contribution in [0.2, 0.25) is 0 Å². The normalized spacial score (nSPS) is 12.4. The third-order valence-electron chi connectivity index (χ3n) is 19.5. The smallest absolute Gasteiger partial charge is 0.326 e. The summed E-state index contributed by atoms with van der Waals surface area (Å²) in [4.78, 5) is 183. The van der Waals surface area contributed by atoms with E-state index < -0.39 is 53.1 Å². The van der Waals surface area contributed by atoms with Crippen LogP contribution in [0.3, 0.4) is 0 Å². The van der Waals surface area contributed by atoms with E-state index in [1.807, 2.05) is 0 Å². The molecule has 0 aliphatic heterocycles. The Bertz CT molecular complexity index is 2800. The van der Waals surface area contributed by atoms with E-state index in [-0.39, 0.29) is 256 Å². The van der Waals surface area contributed by atoms with Crippen LogP contribution in [0.25, 0.3) is 0 Å². The topological polar surface area (TPSA) is 471 Å². The van der Waals surface area contributed by atoms with Gasteiger partial charge in [0.05, 0.1) is 72.0 Å². The molecule has 0 fully saturated rings. The SMILES string of the molecule is CC(=O)[C@H](CCCCNC(=O)COCCOCCCC(=O)COCCOCCNC(=O)CC[C@H](CC(=O)CCCCCCCCCCCCC(=O)O)C(=O)O)CC(=O)[C@H](CCCCNC(=O)COCCOCCNC(=O)COCCOCCCC(=O)CC[C@H](NC(=O)CCCCCCCCCCCCC(=O)O)C(=O)O)CC(=O)C(C)(C)C.[HH].[HH]. The van der Waals surface area contributed by atoms with E-state index in [9.17, 15) is 82.1 Å². The number of hydrogen-bond acceptors (Lipinski definition) is 23. The number of carboxylic acid groups (broad SMARTS) is 4. The van der Waals surface area contributed by atoms with Crippen LogP contribution in [-0.2, 0) is 110 Å². The van der Waals surface area contributed by atoms with Crippen LogP contribution in [0.5, 0.6) is 0 Å². The van der Waals surface area contributed by atoms with Crippen molar-refractivity contribution in [3.63, 3.8) is 0 Å². The Morgan fingerprint density at radius 2 is 0.667 bits per heavy atom. The highest BCUT2D eigenvalue weighted by atomic mass is 16.5. The quantitative estimate of drug-likeness (QED) is 0.0255. The highest BCUT2D eigenvalue weighted by molar-refractivity contribution is 5.93. The molecule has 0 spiro atoms. The van der Waals surface area contributed by atoms with Crippen molar-refractivity contribution in [2.75, 3.05) is 132 Å². The van der Waals surface area contributed by atoms with Crippen LogP contribution in [-0.4, -0.2) is 246 Å². The summed E-state index contributed by atoms with van der Waals surface area (Å²) in [6.45, 7) is 9.53. The lowest BCUT2D eigenvalue weighted by atomic mass is 9.79. The van der Waals surface area contributed by atoms with Gasteiger partial charge in [0.15, 0.2) is 5.78 Å². The summed E-state index contributed by atoms with van der Waals surface area (Å²) in [5, 5.41) is 50.1. The first-order valence-corrected chi connectivity index (χ1v) is 43.1. The number of nitrogens with one attached hydrogen (secondary N) is 5. The number of unbranched alkanes of at least 4 members (excludes halogenated alkanes) is 20. The molecule has 32 nitrogen and oxygen atoms in total. The number of Topliss-reactive ketones (excluding diaryl/α,β-unsaturated/α-hetero) is 6. The summed E-state index contributed by atoms with van der Waals surface area (Å²) >= 11 is 0. The Morgan fingerprint density at radius 1 is 0.291 bits per heavy atom. The molecule has 0 radical (unpaired) electrons. The first kappa shape index (κ1) is 110. The van der Waals surface area contributed by atoms with Crippen LogP contribution in [0.15, 0.2) is 0 Å². The third kappa shape index (κ3) is 72.7. The molecule has 9 N–H and O–H groups in total. The zero-order valence-corrected chi connectivity index (χ0v) is 71.1. The second kappa shape index (κ2) is 75.2. The molecule has 0 heterocycles. The Hall–Kier alpha value is -7.07. The maximum atomic E-state index is 13.8. The average molecular weight is 1680 g/mol. The lowest BCUT2D eigenvalue weighted by molar-refractivity contribution is -0.144. The van der Waals surface area contributed by atoms with Crippen LogP contribution in [0.4, 0.5) is 0 Å². The number of ether oxygens (including phenoxy) is 8. The number of carbonyl (C=O) groups is 15. The number of rotatable bonds is 87. The van der Waals surface area contributed by atoms with Gasteiger partial charge in [-0.25, -0.2) is 4.79 Å². The summed E-state index contributed by atoms with van der Waals surface area (Å²) in [6.07, 6.45) is 24.4. The van der Waals surface area contributed by atoms with E-state index in [1.54, 1.807) is 20.8 Å². The fourth-order valence-electron chi connectivity index (χ4n) is 12.3. The predicted octanol–water partition coefficient (Wildman–Crippen LogP) is 10.2. The van der Waals surface area contributed by atoms with E-state index in [0.29, 0.717) is 103 Å². The largest absolute Gasteiger partial charge is 0.481 e. The lowest BCUT2D eigenvalue weighted by Crippen LogP contribution is -2.41. The first-order valence-electron chi connectivity index (χ1n) is 43.1. The fourth-order valence-corrected chi connectivity index (χ4v) is 12.3. The molecule has 0 aromatic carbocycles. The van der Waals surface area contributed by atoms with Gasteiger partial charge in [-0.15, -0.1) is 0 Å². The monoisotopic (exact) mass is 1670 g/mol. The zero-order chi connectivity index (χ0) is 86.8. The average Bonchev–Trinajstić information content (AvgIpc) is 0.879. The highest BCUT2D eigenvalue weighted by Crippen LogP contribution is 2.27. The fraction of sp³-hybridized carbons (Fsp3) is 0.824. The number of carbonyl (C=O) groups excluding carboxylic acids is 11. The molecule has 0 aromatic rings. The van der Waals surface area contributed by atoms with Gasteiger partial charge in [0, 0.05) is 130 Å². The van der Waals surface area contributed by atoms with Gasteiger partial charge >= 0.3 is 23.9 Å². The molecule has 678 valence electrons. The summed E-state index contributed by atoms with van der Waals surface area (Å²) in [5.41, 5.74) is -0.670. The molecular weight excluding hydrogens is 1520 g/mol. The van der Waals surface area contributed by atoms with Gasteiger partial charge in [-0.3, -0.25) is 67.1 Å². The molecule has 4 atom stereocenters. The van der Waals surface area contributed by atoms with E-state index in [0.717, 1.165) is 103 Å². The molecule has 0 bridgehead atoms. The minimum Gasteiger partial charge on any atom is -0.481 e. The van der Waals surface area contributed by atoms with Gasteiger partial charge in [-0.05, 0) is 84.0 Å². The van der Waals surface area contributed by atoms with E-state index in [1.165, 1.54) is 6.92 Å². The van der Waals surface area contributed by atoms with Gasteiger partial charge in [0.1, 0.15) is 61.4 Å². The summed E-state index contributed by atoms with van der Waals surface area (Å²) in [6, 6.07) is -1.15. The highest BCUT2D eigenvalue weighted by Gasteiger charge is 2.31. The van der Waals surface area contributed by atoms with Crippen LogP contribution in [0.1, 0.15) is 294 Å². The van der Waals surface area contributed by atoms with Gasteiger partial charge in [-0.2, -0.15) is 0 Å². The second-order valence-electron chi connectivity index (χ2n) is 31.1. The summed E-state index contributed by atoms with van der Waals surface area (Å²) < 4.78 is 43.5. The molecule has 0 aliphatic carbocycles. The molecule has 117 heavy (non-hydrogen) atoms. The number of ketones is 6. The van der Waals surface area contributed by atoms with E-state index in [2.05, 4.69) is 26.6 Å². The van der Waals surface area contributed by atoms with E-state index >= 15 is 0 Å². The van der Waals surface area contributed by atoms with Crippen molar-refractivity contribution in [1.82, 2.24) is 26.6 Å². The van der Waals surface area contributed by atoms with Gasteiger partial charge in [0.25, 0.3) is 0 Å². The molecule has 0 unspecified atom stereocenters. The van der Waals surface area contributed by atoms with Crippen LogP contribution in [0, 0.1) is 23.2 Å². The number of carboxylic acids is 4. The summed E-state index contributed by atoms with van der Waals surface area (Å²) in [7, 11) is 0. The maximum Gasteiger partial charge on any atom is 0.326 e. The van der Waals surface area contributed by atoms with Crippen molar-refractivity contribution >= 4 is 88.1 Å². The molecular formula is C85H151N5O27. The Balaban J connectivity index is -0.0000673. The number of hydrogen-bond donors (Lipinski definition) is 9. The molecule has 0 saturated carbocycles. The Kier molecular flexibility index (Phi) is 70.6. The minimum atomic E-state index is -1.19. The van der Waals surface area contributed by atoms with Gasteiger partial charge in [-0.1, -0.05) is 136 Å². The van der Waals surface area contributed by atoms with Crippen LogP contribution >= 0.6 is 0 Å². The van der Waals surface area contributed by atoms with E-state index in [4.69, 9.17) is 48.1 Å². The first-order chi connectivity index (χ1) is 56.1. The standard InChI is InChI=1S/C85H147N5O27.2H2/c1-66(91)67(31-25-27-43-86-78(99)63-115-56-52-111-48-30-35-72(94)62-114-55-53-112-49-45-88-76(97)42-39-69(83(106)107)59-71(93)33-21-17-13-9-5-7-11-15-19-23-37-81(102)103)60-74(95)68(61-75(96)85(2,3)4)32-26-28-44-87-79(100)64-117-58-54-113-50-46-89-80(101)65-116-57-51-110-47-29-34-70(92)40-41-73(84(108)109)90-77(98)36-22-18-14-10-6-8-12-16-20-24-38-82(104)105;;/h67-69,73H,5-65H2,1-4H3,(H,86,99)(H,87,100)(H,88,97)(H,89,101)(H,90,98)(H,102,103)(H,104,105)(H,106,107)(H,108,109);2*1H/t67-,68-,69-,73+;;/m1../s1. The van der Waals surface area contributed by atoms with Crippen molar-refractivity contribution in [3.8, 4) is 0 Å². The predicted molar refractivity (Wildman–Crippen MR) is 440 cm³/mol. The second-order valence-corrected chi connectivity index (χ2v) is 31.1.